The number of hydrogen-bond donors (Lipinski definition) is 3. The fraction of sp³-hybridized carbons (Fsp3) is 0.857. The summed E-state index contributed by atoms with van der Waals surface area (Å²) in [6, 6.07) is 0. The molecule has 0 radical (unpaired) electrons. The Balaban J connectivity index is 0. The molecule has 0 unspecified atom stereocenters. The minimum Gasteiger partial charge on any atom is -0.359 e. The van der Waals surface area contributed by atoms with Gasteiger partial charge in [-0.05, 0) is 20.3 Å². The van der Waals surface area contributed by atoms with Gasteiger partial charge in [-0.3, -0.25) is 9.79 Å². The fourth-order valence-electron chi connectivity index (χ4n) is 1.70. The number of nitrogens with zero attached hydrogens (tertiary/aromatic N) is 1. The van der Waals surface area contributed by atoms with Gasteiger partial charge in [0.15, 0.2) is 5.96 Å². The van der Waals surface area contributed by atoms with E-state index >= 15 is 0 Å². The molecular weight excluding hydrogens is 367 g/mol. The van der Waals surface area contributed by atoms with E-state index in [1.807, 2.05) is 13.8 Å². The molecule has 6 heteroatoms. The Kier molecular flexibility index (Phi) is 13.3. The summed E-state index contributed by atoms with van der Waals surface area (Å²) in [6.07, 6.45) is 4.91. The predicted molar refractivity (Wildman–Crippen MR) is 96.8 cm³/mol. The van der Waals surface area contributed by atoms with Crippen LogP contribution in [0.1, 0.15) is 46.5 Å². The SMILES string of the molecule is CCCCCCNC(=NC)NCC(C)(C)C(=O)NC.I. The zero-order chi connectivity index (χ0) is 14.7. The molecule has 0 rings (SSSR count). The van der Waals surface area contributed by atoms with E-state index in [0.29, 0.717) is 6.54 Å². The molecule has 0 saturated heterocycles. The van der Waals surface area contributed by atoms with Crippen LogP contribution in [0.3, 0.4) is 0 Å². The van der Waals surface area contributed by atoms with Gasteiger partial charge in [0.05, 0.1) is 5.41 Å². The number of halogens is 1. The summed E-state index contributed by atoms with van der Waals surface area (Å²) in [6.45, 7) is 7.50. The number of hydrogen-bond acceptors (Lipinski definition) is 2. The van der Waals surface area contributed by atoms with Crippen molar-refractivity contribution in [1.29, 1.82) is 0 Å². The molecule has 5 nitrogen and oxygen atoms in total. The van der Waals surface area contributed by atoms with Crippen molar-refractivity contribution in [3.05, 3.63) is 0 Å². The monoisotopic (exact) mass is 398 g/mol. The second-order valence-electron chi connectivity index (χ2n) is 5.38. The summed E-state index contributed by atoms with van der Waals surface area (Å²) in [5.74, 6) is 0.784. The van der Waals surface area contributed by atoms with Crippen LogP contribution in [0.2, 0.25) is 0 Å². The molecule has 0 aliphatic heterocycles. The highest BCUT2D eigenvalue weighted by atomic mass is 127. The normalized spacial score (nSPS) is 11.6. The molecule has 0 aromatic rings. The first kappa shape index (κ1) is 21.8. The Morgan fingerprint density at radius 1 is 1.15 bits per heavy atom. The quantitative estimate of drug-likeness (QED) is 0.254. The molecule has 20 heavy (non-hydrogen) atoms. The van der Waals surface area contributed by atoms with Crippen molar-refractivity contribution in [2.24, 2.45) is 10.4 Å². The zero-order valence-electron chi connectivity index (χ0n) is 13.5. The third-order valence-corrected chi connectivity index (χ3v) is 3.09. The van der Waals surface area contributed by atoms with Gasteiger partial charge in [-0.2, -0.15) is 0 Å². The molecule has 0 bridgehead atoms. The van der Waals surface area contributed by atoms with Crippen LogP contribution in [-0.4, -0.2) is 39.1 Å². The first-order valence-corrected chi connectivity index (χ1v) is 7.14. The number of amides is 1. The van der Waals surface area contributed by atoms with Gasteiger partial charge < -0.3 is 16.0 Å². The van der Waals surface area contributed by atoms with Gasteiger partial charge in [0.25, 0.3) is 0 Å². The minimum absolute atomic E-state index is 0. The molecule has 3 N–H and O–H groups in total. The molecule has 0 aliphatic carbocycles. The van der Waals surface area contributed by atoms with E-state index in [1.165, 1.54) is 19.3 Å². The van der Waals surface area contributed by atoms with Crippen LogP contribution >= 0.6 is 24.0 Å². The highest BCUT2D eigenvalue weighted by Gasteiger charge is 2.26. The number of guanidine groups is 1. The number of rotatable bonds is 8. The maximum atomic E-state index is 11.7. The van der Waals surface area contributed by atoms with Crippen LogP contribution in [0.5, 0.6) is 0 Å². The highest BCUT2D eigenvalue weighted by molar-refractivity contribution is 14.0. The maximum absolute atomic E-state index is 11.7. The lowest BCUT2D eigenvalue weighted by molar-refractivity contribution is -0.128. The summed E-state index contributed by atoms with van der Waals surface area (Å²) in [7, 11) is 3.40. The van der Waals surface area contributed by atoms with E-state index in [-0.39, 0.29) is 29.9 Å². The van der Waals surface area contributed by atoms with Crippen LogP contribution in [0.25, 0.3) is 0 Å². The van der Waals surface area contributed by atoms with Gasteiger partial charge in [-0.1, -0.05) is 26.2 Å². The number of carbonyl (C=O) groups is 1. The Hall–Kier alpha value is -0.530. The zero-order valence-corrected chi connectivity index (χ0v) is 15.8. The maximum Gasteiger partial charge on any atom is 0.227 e. The van der Waals surface area contributed by atoms with Gasteiger partial charge in [0, 0.05) is 27.2 Å². The van der Waals surface area contributed by atoms with E-state index in [1.54, 1.807) is 14.1 Å². The largest absolute Gasteiger partial charge is 0.359 e. The summed E-state index contributed by atoms with van der Waals surface area (Å²) in [4.78, 5) is 15.8. The predicted octanol–water partition coefficient (Wildman–Crippen LogP) is 2.12. The standard InChI is InChI=1S/C14H30N4O.HI/c1-6-7-8-9-10-17-13(16-5)18-11-14(2,3)12(19)15-4;/h6-11H2,1-5H3,(H,15,19)(H2,16,17,18);1H. The molecule has 0 aromatic heterocycles. The molecule has 0 aliphatic rings. The van der Waals surface area contributed by atoms with Crippen LogP contribution in [0.15, 0.2) is 4.99 Å². The van der Waals surface area contributed by atoms with Crippen LogP contribution in [0.4, 0.5) is 0 Å². The first-order valence-electron chi connectivity index (χ1n) is 7.14. The van der Waals surface area contributed by atoms with Gasteiger partial charge in [-0.15, -0.1) is 24.0 Å². The molecule has 120 valence electrons. The molecule has 1 amide bonds. The number of carbonyl (C=O) groups excluding carboxylic acids is 1. The lowest BCUT2D eigenvalue weighted by Gasteiger charge is -2.24. The second-order valence-corrected chi connectivity index (χ2v) is 5.38. The number of aliphatic imine (C=N–C) groups is 1. The van der Waals surface area contributed by atoms with Crippen molar-refractivity contribution in [3.8, 4) is 0 Å². The average Bonchev–Trinajstić information content (AvgIpc) is 2.40. The third kappa shape index (κ3) is 9.39. The topological polar surface area (TPSA) is 65.5 Å². The molecule has 0 heterocycles. The number of nitrogens with one attached hydrogen (secondary N) is 3. The van der Waals surface area contributed by atoms with Crippen molar-refractivity contribution < 1.29 is 4.79 Å². The lowest BCUT2D eigenvalue weighted by Crippen LogP contribution is -2.47. The van der Waals surface area contributed by atoms with E-state index in [4.69, 9.17) is 0 Å². The smallest absolute Gasteiger partial charge is 0.227 e. The first-order chi connectivity index (χ1) is 8.97. The minimum atomic E-state index is -0.450. The molecule has 0 aromatic carbocycles. The van der Waals surface area contributed by atoms with Gasteiger partial charge >= 0.3 is 0 Å². The van der Waals surface area contributed by atoms with Crippen molar-refractivity contribution in [1.82, 2.24) is 16.0 Å². The molecule has 0 fully saturated rings. The van der Waals surface area contributed by atoms with Crippen molar-refractivity contribution in [2.75, 3.05) is 27.2 Å². The van der Waals surface area contributed by atoms with Crippen molar-refractivity contribution >= 4 is 35.8 Å². The van der Waals surface area contributed by atoms with Crippen LogP contribution < -0.4 is 16.0 Å². The van der Waals surface area contributed by atoms with Crippen molar-refractivity contribution in [2.45, 2.75) is 46.5 Å². The number of unbranched alkanes of at least 4 members (excludes halogenated alkanes) is 3. The Morgan fingerprint density at radius 3 is 2.30 bits per heavy atom. The Bertz CT molecular complexity index is 293. The summed E-state index contributed by atoms with van der Waals surface area (Å²) in [5.41, 5.74) is -0.450. The highest BCUT2D eigenvalue weighted by Crippen LogP contribution is 2.12. The summed E-state index contributed by atoms with van der Waals surface area (Å²) < 4.78 is 0. The van der Waals surface area contributed by atoms with Gasteiger partial charge in [0.2, 0.25) is 5.91 Å². The molecular formula is C14H31IN4O. The van der Waals surface area contributed by atoms with Gasteiger partial charge in [-0.25, -0.2) is 0 Å². The second kappa shape index (κ2) is 12.2. The molecule has 0 atom stereocenters. The van der Waals surface area contributed by atoms with E-state index in [2.05, 4.69) is 27.9 Å². The van der Waals surface area contributed by atoms with Crippen LogP contribution in [-0.2, 0) is 4.79 Å². The molecule has 0 saturated carbocycles. The fourth-order valence-corrected chi connectivity index (χ4v) is 1.70. The van der Waals surface area contributed by atoms with E-state index in [0.717, 1.165) is 18.9 Å². The lowest BCUT2D eigenvalue weighted by atomic mass is 9.92. The summed E-state index contributed by atoms with van der Waals surface area (Å²) in [5, 5.41) is 9.13. The average molecular weight is 398 g/mol. The molecule has 0 spiro atoms. The van der Waals surface area contributed by atoms with Gasteiger partial charge in [0.1, 0.15) is 0 Å². The summed E-state index contributed by atoms with van der Waals surface area (Å²) >= 11 is 0. The van der Waals surface area contributed by atoms with E-state index < -0.39 is 5.41 Å². The van der Waals surface area contributed by atoms with Crippen molar-refractivity contribution in [3.63, 3.8) is 0 Å². The Labute approximate surface area is 140 Å². The Morgan fingerprint density at radius 2 is 1.80 bits per heavy atom. The third-order valence-electron chi connectivity index (χ3n) is 3.09. The van der Waals surface area contributed by atoms with Crippen LogP contribution in [0, 0.1) is 5.41 Å². The van der Waals surface area contributed by atoms with E-state index in [9.17, 15) is 4.79 Å².